The van der Waals surface area contributed by atoms with Crippen molar-refractivity contribution in [2.75, 3.05) is 7.11 Å². The van der Waals surface area contributed by atoms with E-state index >= 15 is 0 Å². The molecule has 1 aromatic heterocycles. The lowest BCUT2D eigenvalue weighted by atomic mass is 10.1. The Hall–Kier alpha value is -2.43. The molecule has 2 aromatic rings. The number of amides is 1. The second-order valence-corrected chi connectivity index (χ2v) is 4.48. The first kappa shape index (κ1) is 14.0. The lowest BCUT2D eigenvalue weighted by Gasteiger charge is -2.00. The third-order valence-corrected chi connectivity index (χ3v) is 3.03. The summed E-state index contributed by atoms with van der Waals surface area (Å²) in [6.07, 6.45) is 1.96. The van der Waals surface area contributed by atoms with Crippen LogP contribution in [0.25, 0.3) is 10.9 Å². The van der Waals surface area contributed by atoms with Crippen molar-refractivity contribution in [3.05, 3.63) is 29.5 Å². The van der Waals surface area contributed by atoms with Crippen molar-refractivity contribution in [2.45, 2.75) is 20.3 Å². The van der Waals surface area contributed by atoms with Gasteiger partial charge in [-0.25, -0.2) is 4.99 Å². The molecule has 1 amide bonds. The summed E-state index contributed by atoms with van der Waals surface area (Å²) in [5, 5.41) is 0.936. The predicted octanol–water partition coefficient (Wildman–Crippen LogP) is 2.54. The van der Waals surface area contributed by atoms with Gasteiger partial charge in [0.1, 0.15) is 5.75 Å². The number of H-pyrrole nitrogens is 1. The van der Waals surface area contributed by atoms with Crippen LogP contribution in [-0.2, 0) is 11.2 Å². The van der Waals surface area contributed by atoms with Crippen LogP contribution in [0.3, 0.4) is 0 Å². The van der Waals surface area contributed by atoms with Gasteiger partial charge in [0.25, 0.3) is 0 Å². The van der Waals surface area contributed by atoms with Crippen LogP contribution >= 0.6 is 0 Å². The Kier molecular flexibility index (Phi) is 3.98. The Labute approximate surface area is 116 Å². The van der Waals surface area contributed by atoms with Gasteiger partial charge in [0.15, 0.2) is 5.78 Å². The van der Waals surface area contributed by atoms with E-state index in [0.29, 0.717) is 12.1 Å². The summed E-state index contributed by atoms with van der Waals surface area (Å²) in [5.41, 5.74) is 2.23. The smallest absolute Gasteiger partial charge is 0.242 e. The zero-order chi connectivity index (χ0) is 14.7. The van der Waals surface area contributed by atoms with Gasteiger partial charge in [0, 0.05) is 43.5 Å². The van der Waals surface area contributed by atoms with Gasteiger partial charge in [-0.15, -0.1) is 0 Å². The number of carbonyl (C=O) groups is 2. The van der Waals surface area contributed by atoms with Crippen molar-refractivity contribution < 1.29 is 14.3 Å². The van der Waals surface area contributed by atoms with Gasteiger partial charge in [-0.3, -0.25) is 9.59 Å². The highest BCUT2D eigenvalue weighted by atomic mass is 16.5. The van der Waals surface area contributed by atoms with Crippen molar-refractivity contribution in [3.8, 4) is 5.75 Å². The van der Waals surface area contributed by atoms with Crippen LogP contribution in [0.15, 0.2) is 23.2 Å². The summed E-state index contributed by atoms with van der Waals surface area (Å²) < 4.78 is 5.17. The molecular formula is C15H16N2O3. The molecule has 0 bridgehead atoms. The first-order valence-electron chi connectivity index (χ1n) is 6.25. The highest BCUT2D eigenvalue weighted by Crippen LogP contribution is 2.26. The molecule has 0 radical (unpaired) electrons. The lowest BCUT2D eigenvalue weighted by molar-refractivity contribution is -0.115. The van der Waals surface area contributed by atoms with Gasteiger partial charge in [0.2, 0.25) is 5.91 Å². The van der Waals surface area contributed by atoms with Crippen molar-refractivity contribution in [2.24, 2.45) is 4.99 Å². The van der Waals surface area contributed by atoms with Gasteiger partial charge in [-0.05, 0) is 17.7 Å². The summed E-state index contributed by atoms with van der Waals surface area (Å²) in [7, 11) is 1.59. The molecule has 1 N–H and O–H groups in total. The van der Waals surface area contributed by atoms with Gasteiger partial charge in [0.05, 0.1) is 12.8 Å². The monoisotopic (exact) mass is 272 g/mol. The topological polar surface area (TPSA) is 71.5 Å². The number of nitrogens with one attached hydrogen (secondary N) is 1. The number of nitrogens with zero attached hydrogens (tertiary/aromatic N) is 1. The van der Waals surface area contributed by atoms with Crippen LogP contribution in [0.2, 0.25) is 0 Å². The molecule has 0 fully saturated rings. The zero-order valence-corrected chi connectivity index (χ0v) is 11.7. The Morgan fingerprint density at radius 1 is 1.35 bits per heavy atom. The molecule has 104 valence electrons. The SMILES string of the molecule is COc1ccc2c(CC=NC(C)=O)c(C(C)=O)[nH]c2c1. The molecule has 0 saturated heterocycles. The molecule has 2 rings (SSSR count). The predicted molar refractivity (Wildman–Crippen MR) is 77.7 cm³/mol. The number of fused-ring (bicyclic) bond motifs is 1. The largest absolute Gasteiger partial charge is 0.497 e. The molecule has 0 saturated carbocycles. The van der Waals surface area contributed by atoms with Crippen molar-refractivity contribution in [1.29, 1.82) is 0 Å². The van der Waals surface area contributed by atoms with Crippen LogP contribution in [-0.4, -0.2) is 30.0 Å². The number of hydrogen-bond donors (Lipinski definition) is 1. The van der Waals surface area contributed by atoms with Crippen molar-refractivity contribution >= 4 is 28.8 Å². The third-order valence-electron chi connectivity index (χ3n) is 3.03. The van der Waals surface area contributed by atoms with E-state index in [-0.39, 0.29) is 11.7 Å². The van der Waals surface area contributed by atoms with E-state index in [1.54, 1.807) is 7.11 Å². The third kappa shape index (κ3) is 2.77. The van der Waals surface area contributed by atoms with Crippen LogP contribution in [0, 0.1) is 0 Å². The summed E-state index contributed by atoms with van der Waals surface area (Å²) in [4.78, 5) is 29.4. The quantitative estimate of drug-likeness (QED) is 0.686. The number of rotatable bonds is 4. The number of aromatic nitrogens is 1. The number of Topliss-reactive ketones (excluding diaryl/α,β-unsaturated/α-hetero) is 1. The van der Waals surface area contributed by atoms with E-state index in [0.717, 1.165) is 22.2 Å². The van der Waals surface area contributed by atoms with E-state index in [9.17, 15) is 9.59 Å². The lowest BCUT2D eigenvalue weighted by Crippen LogP contribution is -1.99. The van der Waals surface area contributed by atoms with Crippen molar-refractivity contribution in [1.82, 2.24) is 4.98 Å². The fraction of sp³-hybridized carbons (Fsp3) is 0.267. The maximum absolute atomic E-state index is 11.7. The van der Waals surface area contributed by atoms with E-state index in [1.165, 1.54) is 20.1 Å². The minimum Gasteiger partial charge on any atom is -0.497 e. The van der Waals surface area contributed by atoms with Crippen molar-refractivity contribution in [3.63, 3.8) is 0 Å². The second kappa shape index (κ2) is 5.69. The van der Waals surface area contributed by atoms with Crippen LogP contribution in [0.5, 0.6) is 5.75 Å². The number of ketones is 1. The number of aliphatic imine (C=N–C) groups is 1. The Bertz CT molecular complexity index is 698. The summed E-state index contributed by atoms with van der Waals surface area (Å²) in [6.45, 7) is 2.90. The number of ether oxygens (including phenoxy) is 1. The first-order valence-corrected chi connectivity index (χ1v) is 6.25. The van der Waals surface area contributed by atoms with E-state index < -0.39 is 0 Å². The van der Waals surface area contributed by atoms with E-state index in [1.807, 2.05) is 18.2 Å². The van der Waals surface area contributed by atoms with E-state index in [4.69, 9.17) is 4.74 Å². The molecule has 1 aromatic carbocycles. The molecule has 5 nitrogen and oxygen atoms in total. The second-order valence-electron chi connectivity index (χ2n) is 4.48. The number of aromatic amines is 1. The van der Waals surface area contributed by atoms with Gasteiger partial charge in [-0.1, -0.05) is 0 Å². The van der Waals surface area contributed by atoms with Crippen LogP contribution in [0.1, 0.15) is 29.9 Å². The molecule has 0 atom stereocenters. The molecule has 0 aliphatic carbocycles. The van der Waals surface area contributed by atoms with E-state index in [2.05, 4.69) is 9.98 Å². The van der Waals surface area contributed by atoms with Gasteiger partial charge >= 0.3 is 0 Å². The minimum absolute atomic E-state index is 0.0496. The molecule has 0 aliphatic heterocycles. The van der Waals surface area contributed by atoms with Gasteiger partial charge < -0.3 is 9.72 Å². The summed E-state index contributed by atoms with van der Waals surface area (Å²) in [6, 6.07) is 5.58. The minimum atomic E-state index is -0.254. The Balaban J connectivity index is 2.51. The molecule has 0 unspecified atom stereocenters. The average Bonchev–Trinajstić information content (AvgIpc) is 2.76. The number of carbonyl (C=O) groups excluding carboxylic acids is 2. The molecular weight excluding hydrogens is 256 g/mol. The maximum atomic E-state index is 11.7. The molecule has 20 heavy (non-hydrogen) atoms. The molecule has 5 heteroatoms. The highest BCUT2D eigenvalue weighted by molar-refractivity contribution is 6.02. The fourth-order valence-electron chi connectivity index (χ4n) is 2.14. The number of benzene rings is 1. The molecule has 0 aliphatic rings. The standard InChI is InChI=1S/C15H16N2O3/c1-9(18)15-13(6-7-16-10(2)19)12-5-4-11(20-3)8-14(12)17-15/h4-5,7-8,17H,6H2,1-3H3. The van der Waals surface area contributed by atoms with Crippen LogP contribution in [0.4, 0.5) is 0 Å². The summed E-state index contributed by atoms with van der Waals surface area (Å²) in [5.74, 6) is 0.417. The maximum Gasteiger partial charge on any atom is 0.242 e. The normalized spacial score (nSPS) is 11.2. The molecule has 1 heterocycles. The zero-order valence-electron chi connectivity index (χ0n) is 11.7. The average molecular weight is 272 g/mol. The highest BCUT2D eigenvalue weighted by Gasteiger charge is 2.14. The fourth-order valence-corrected chi connectivity index (χ4v) is 2.14. The Morgan fingerprint density at radius 2 is 2.10 bits per heavy atom. The summed E-state index contributed by atoms with van der Waals surface area (Å²) >= 11 is 0. The van der Waals surface area contributed by atoms with Gasteiger partial charge in [-0.2, -0.15) is 0 Å². The number of methoxy groups -OCH3 is 1. The molecule has 0 spiro atoms. The van der Waals surface area contributed by atoms with Crippen LogP contribution < -0.4 is 4.74 Å². The Morgan fingerprint density at radius 3 is 2.70 bits per heavy atom. The first-order chi connectivity index (χ1) is 9.52. The number of hydrogen-bond acceptors (Lipinski definition) is 3.